The Bertz CT molecular complexity index is 5940. The summed E-state index contributed by atoms with van der Waals surface area (Å²) in [6.45, 7) is 28.5. The van der Waals surface area contributed by atoms with Crippen molar-refractivity contribution in [2.75, 3.05) is 78.8 Å². The maximum Gasteiger partial charge on any atom is 0.416 e. The normalized spacial score (nSPS) is 25.8. The number of likely N-dealkylation sites (tertiary alicyclic amines) is 3. The molecule has 8 aliphatic heterocycles. The molecule has 0 radical (unpaired) electrons. The number of fused-ring (bicyclic) bond motifs is 4. The molecule has 0 aromatic heterocycles. The highest BCUT2D eigenvalue weighted by molar-refractivity contribution is 5.92. The molecule has 39 heteroatoms. The Morgan fingerprint density at radius 1 is 0.320 bits per heavy atom. The fourth-order valence-electron chi connectivity index (χ4n) is 21.8. The lowest BCUT2D eigenvalue weighted by Gasteiger charge is -2.41. The third-order valence-electron chi connectivity index (χ3n) is 29.6. The van der Waals surface area contributed by atoms with E-state index in [-0.39, 0.29) is 148 Å². The fourth-order valence-corrected chi connectivity index (χ4v) is 21.8. The lowest BCUT2D eigenvalue weighted by molar-refractivity contribution is -0.217. The minimum absolute atomic E-state index is 0.0341. The van der Waals surface area contributed by atoms with Gasteiger partial charge in [-0.1, -0.05) is 95.6 Å². The minimum Gasteiger partial charge on any atom is -0.374 e. The fraction of sp³-hybridized carbons (Fsp3) is 0.509. The largest absolute Gasteiger partial charge is 0.416 e. The number of rotatable bonds is 17. The zero-order valence-corrected chi connectivity index (χ0v) is 82.4. The van der Waals surface area contributed by atoms with E-state index in [1.165, 1.54) is 41.5 Å². The molecule has 0 spiro atoms. The molecule has 15 nitrogen and oxygen atoms in total. The first kappa shape index (κ1) is 112. The number of alkyl halides is 24. The monoisotopic (exact) mass is 2100 g/mol. The number of nitrogens with zero attached hydrogens (tertiary/aromatic N) is 3. The summed E-state index contributed by atoms with van der Waals surface area (Å²) in [5.41, 5.74) is -0.137. The van der Waals surface area contributed by atoms with Crippen LogP contribution in [0.2, 0.25) is 0 Å². The van der Waals surface area contributed by atoms with E-state index >= 15 is 0 Å². The molecular weight excluding hydrogens is 1990 g/mol. The molecule has 20 atom stereocenters. The Morgan fingerprint density at radius 2 is 0.592 bits per heavy atom. The van der Waals surface area contributed by atoms with Crippen molar-refractivity contribution in [3.05, 3.63) is 291 Å². The van der Waals surface area contributed by atoms with Gasteiger partial charge in [0.2, 0.25) is 11.8 Å². The lowest BCUT2D eigenvalue weighted by atomic mass is 9.76. The number of carbonyl (C=O) groups excluding carboxylic acids is 3. The molecule has 8 aromatic rings. The average molecular weight is 2100 g/mol. The second kappa shape index (κ2) is 44.0. The van der Waals surface area contributed by atoms with Gasteiger partial charge in [0.25, 0.3) is 0 Å². The van der Waals surface area contributed by atoms with Crippen molar-refractivity contribution in [1.82, 2.24) is 20.0 Å². The second-order valence-electron chi connectivity index (χ2n) is 40.0. The van der Waals surface area contributed by atoms with Crippen LogP contribution in [0.25, 0.3) is 0 Å². The number of ether oxygens (including phenoxy) is 8. The van der Waals surface area contributed by atoms with Crippen LogP contribution < -0.4 is 5.32 Å². The first-order valence-corrected chi connectivity index (χ1v) is 48.2. The molecule has 9 aliphatic rings. The summed E-state index contributed by atoms with van der Waals surface area (Å²) in [6.07, 6.45) is -44.6. The third kappa shape index (κ3) is 26.5. The van der Waals surface area contributed by atoms with Gasteiger partial charge in [0.05, 0.1) is 95.4 Å². The quantitative estimate of drug-likeness (QED) is 0.0864. The van der Waals surface area contributed by atoms with Crippen molar-refractivity contribution in [3.8, 4) is 0 Å². The first-order chi connectivity index (χ1) is 68.4. The van der Waals surface area contributed by atoms with E-state index in [0.29, 0.717) is 102 Å². The zero-order chi connectivity index (χ0) is 108. The van der Waals surface area contributed by atoms with Crippen molar-refractivity contribution < 1.29 is 158 Å². The summed E-state index contributed by atoms with van der Waals surface area (Å²) in [7, 11) is 0. The number of hydrogen-bond acceptors (Lipinski definition) is 13. The topological polar surface area (TPSA) is 147 Å². The SMILES string of the molecule is CC(=O)N1C[C@H]2CO[C@H](O[C@H](C)c3cc(C(F)(F)F)cc(C(F)(F)F)c3)[C@@H](c3cc(C)ccc3C)[C@@H]2C1.CC(=O)N1C[C@H]2CO[C@H](O[C@H](C)c3cc(C(F)(F)F)cc(C(F)(F)F)c3)[C@@H](c3ccccc3C)[C@@H]2C1.Cc1ccc(C)c([C@@H]2[C@@H](O[C@H](C)c3cc(C(F)(F)F)cc(C(F)(F)F)c3)OC[C@@H]3CN(C4=CC(=O)CC4)C[C@H]32)c1.Cc1ccc(C)c([C@@H]2[C@@H](O[C@H](C)c3cc(C(F)(F)F)cc(C(F)(F)F)c3)OC[C@@H]3CNC[C@H]32)c1. The van der Waals surface area contributed by atoms with E-state index < -0.39 is 143 Å². The highest BCUT2D eigenvalue weighted by Gasteiger charge is 2.55. The molecule has 1 N–H and O–H groups in total. The van der Waals surface area contributed by atoms with E-state index in [1.54, 1.807) is 15.9 Å². The summed E-state index contributed by atoms with van der Waals surface area (Å²) in [5, 5.41) is 3.37. The van der Waals surface area contributed by atoms with Crippen LogP contribution in [-0.4, -0.2) is 136 Å². The molecule has 2 amide bonds. The predicted molar refractivity (Wildman–Crippen MR) is 492 cm³/mol. The third-order valence-corrected chi connectivity index (χ3v) is 29.6. The van der Waals surface area contributed by atoms with E-state index in [0.717, 1.165) is 92.1 Å². The van der Waals surface area contributed by atoms with Crippen LogP contribution in [0, 0.1) is 95.8 Å². The van der Waals surface area contributed by atoms with Crippen LogP contribution in [0.15, 0.2) is 163 Å². The number of ketones is 1. The standard InChI is InChI=1S/C30H31F6NO3.C27H29F6NO3.C26H27F6NO3.C25H27F6NO2/c1-16-4-5-17(2)25(8-16)27-26-14-37(23-6-7-24(38)12-23)13-20(26)15-39-28(27)40-18(3)19-9-21(29(31,32)33)11-22(10-19)30(34,35)36;1-14-5-6-15(2)22(7-14)24-23-12-34(17(4)35)11-19(23)13-36-25(24)37-16(3)18-8-20(26(28,29)30)10-21(9-18)27(31,32)33;1-14-6-4-5-7-21(14)23-22-12-33(16(3)34)11-18(22)13-35-24(23)36-15(2)17-8-19(25(27,28)29)10-20(9-17)26(30,31)32;1-13-4-5-14(2)20(6-13)22-21-11-32-10-17(21)12-33-23(22)34-15(3)16-7-18(24(26,27)28)9-19(8-16)25(29,30)31/h4-5,8-12,18,20,26-28H,6-7,13-15H2,1-3H3;5-10,16,19,23-25H,11-13H2,1-4H3;4-10,15,18,22-24H,11-13H2,1-3H3;4-9,15,17,21-23,32H,10-12H2,1-3H3/t18-,20+,26-,27+,28-;16-,19+,23-,24+,25-;15-,18+,22-,23+,24-;15-,17+,21-,22+,23-/m1111/s1. The Morgan fingerprint density at radius 3 is 0.878 bits per heavy atom. The van der Waals surface area contributed by atoms with Crippen LogP contribution in [0.5, 0.6) is 0 Å². The van der Waals surface area contributed by atoms with Crippen LogP contribution in [0.3, 0.4) is 0 Å². The van der Waals surface area contributed by atoms with Crippen molar-refractivity contribution >= 4 is 17.6 Å². The van der Waals surface area contributed by atoms with Gasteiger partial charge in [0, 0.05) is 119 Å². The molecule has 8 aromatic carbocycles. The molecule has 1 aliphatic carbocycles. The van der Waals surface area contributed by atoms with Crippen molar-refractivity contribution in [3.63, 3.8) is 0 Å². The molecule has 8 saturated heterocycles. The molecule has 0 unspecified atom stereocenters. The maximum absolute atomic E-state index is 13.5. The number of aryl methyl sites for hydroxylation is 7. The molecular formula is C108H114F24N4O11. The van der Waals surface area contributed by atoms with Crippen molar-refractivity contribution in [2.24, 2.45) is 47.3 Å². The highest BCUT2D eigenvalue weighted by atomic mass is 19.4. The zero-order valence-electron chi connectivity index (χ0n) is 82.4. The number of halogens is 24. The summed E-state index contributed by atoms with van der Waals surface area (Å²) in [6, 6.07) is 31.5. The summed E-state index contributed by atoms with van der Waals surface area (Å²) >= 11 is 0. The van der Waals surface area contributed by atoms with Gasteiger partial charge in [-0.15, -0.1) is 0 Å². The van der Waals surface area contributed by atoms with Gasteiger partial charge >= 0.3 is 49.4 Å². The molecule has 17 rings (SSSR count). The first-order valence-electron chi connectivity index (χ1n) is 48.2. The van der Waals surface area contributed by atoms with Gasteiger partial charge in [-0.25, -0.2) is 0 Å². The lowest BCUT2D eigenvalue weighted by Crippen LogP contribution is -2.42. The second-order valence-corrected chi connectivity index (χ2v) is 40.0. The minimum atomic E-state index is -4.95. The molecule has 8 fully saturated rings. The Balaban J connectivity index is 0.000000155. The average Bonchev–Trinajstić information content (AvgIpc) is 1.69. The van der Waals surface area contributed by atoms with Crippen LogP contribution in [-0.2, 0) is 102 Å². The van der Waals surface area contributed by atoms with E-state index in [4.69, 9.17) is 37.9 Å². The van der Waals surface area contributed by atoms with Gasteiger partial charge in [-0.05, 0) is 258 Å². The number of allylic oxidation sites excluding steroid dienone is 2. The Labute approximate surface area is 834 Å². The number of nitrogens with one attached hydrogen (secondary N) is 1. The smallest absolute Gasteiger partial charge is 0.374 e. The van der Waals surface area contributed by atoms with Crippen LogP contribution in [0.4, 0.5) is 105 Å². The van der Waals surface area contributed by atoms with Gasteiger partial charge in [0.15, 0.2) is 30.9 Å². The van der Waals surface area contributed by atoms with Gasteiger partial charge in [0.1, 0.15) is 0 Å². The molecule has 0 bridgehead atoms. The number of hydrogen-bond donors (Lipinski definition) is 1. The van der Waals surface area contributed by atoms with Crippen molar-refractivity contribution in [1.29, 1.82) is 0 Å². The molecule has 800 valence electrons. The Kier molecular flexibility index (Phi) is 33.7. The van der Waals surface area contributed by atoms with E-state index in [9.17, 15) is 120 Å². The molecule has 8 heterocycles. The van der Waals surface area contributed by atoms with E-state index in [2.05, 4.69) is 16.3 Å². The van der Waals surface area contributed by atoms with Gasteiger partial charge in [-0.2, -0.15) is 105 Å². The van der Waals surface area contributed by atoms with E-state index in [1.807, 2.05) is 121 Å². The van der Waals surface area contributed by atoms with Gasteiger partial charge < -0.3 is 57.9 Å². The molecule has 147 heavy (non-hydrogen) atoms. The summed E-state index contributed by atoms with van der Waals surface area (Å²) in [4.78, 5) is 41.7. The predicted octanol–water partition coefficient (Wildman–Crippen LogP) is 26.7. The summed E-state index contributed by atoms with van der Waals surface area (Å²) in [5.74, 6) is -0.651. The number of amides is 2. The highest BCUT2D eigenvalue weighted by Crippen LogP contribution is 2.54. The van der Waals surface area contributed by atoms with Crippen LogP contribution in [0.1, 0.15) is 230 Å². The van der Waals surface area contributed by atoms with Crippen molar-refractivity contribution in [2.45, 2.75) is 226 Å². The molecule has 0 saturated carbocycles. The van der Waals surface area contributed by atoms with Crippen LogP contribution >= 0.6 is 0 Å². The Hall–Kier alpha value is -10.1. The number of benzene rings is 8. The maximum atomic E-state index is 13.5. The van der Waals surface area contributed by atoms with Gasteiger partial charge in [-0.3, -0.25) is 14.4 Å². The number of carbonyl (C=O) groups is 3. The summed E-state index contributed by atoms with van der Waals surface area (Å²) < 4.78 is 370.